The number of unbranched alkanes of at least 4 members (excludes halogenated alkanes) is 8. The molecule has 0 aliphatic carbocycles. The van der Waals surface area contributed by atoms with Crippen LogP contribution in [0, 0.1) is 0 Å². The summed E-state index contributed by atoms with van der Waals surface area (Å²) in [4.78, 5) is 0. The molecule has 0 saturated heterocycles. The van der Waals surface area contributed by atoms with E-state index in [1.54, 1.807) is 0 Å². The van der Waals surface area contributed by atoms with Crippen LogP contribution in [-0.4, -0.2) is 13.2 Å². The molecule has 19 heavy (non-hydrogen) atoms. The third-order valence-corrected chi connectivity index (χ3v) is 5.79. The van der Waals surface area contributed by atoms with Gasteiger partial charge >= 0.3 is 131 Å². The molecule has 0 aliphatic heterocycles. The summed E-state index contributed by atoms with van der Waals surface area (Å²) in [6.45, 7) is 5.92. The molecule has 0 unspecified atom stereocenters. The van der Waals surface area contributed by atoms with Gasteiger partial charge in [0.25, 0.3) is 0 Å². The average Bonchev–Trinajstić information content (AvgIpc) is 2.37. The van der Waals surface area contributed by atoms with Gasteiger partial charge in [-0.2, -0.15) is 0 Å². The van der Waals surface area contributed by atoms with E-state index in [-0.39, 0.29) is 0 Å². The van der Waals surface area contributed by atoms with Crippen LogP contribution in [0.1, 0.15) is 78.1 Å². The Morgan fingerprint density at radius 2 is 1.00 bits per heavy atom. The first-order chi connectivity index (χ1) is 9.12. The van der Waals surface area contributed by atoms with E-state index in [4.69, 9.17) is 9.05 Å². The Morgan fingerprint density at radius 3 is 1.47 bits per heavy atom. The normalized spacial score (nSPS) is 12.8. The Morgan fingerprint density at radius 1 is 0.632 bits per heavy atom. The van der Waals surface area contributed by atoms with Crippen molar-refractivity contribution in [3.05, 3.63) is 0 Å². The van der Waals surface area contributed by atoms with Crippen LogP contribution >= 0.6 is 30.6 Å². The molecule has 0 atom stereocenters. The Kier molecular flexibility index (Phi) is 14.8. The summed E-state index contributed by atoms with van der Waals surface area (Å²) < 4.78 is 11.4. The first-order valence-corrected chi connectivity index (χ1v) is 12.2. The van der Waals surface area contributed by atoms with E-state index in [1.807, 2.05) is 0 Å². The maximum atomic E-state index is 5.69. The zero-order valence-electron chi connectivity index (χ0n) is 12.7. The topological polar surface area (TPSA) is 18.5 Å². The molecule has 0 aromatic carbocycles. The van der Waals surface area contributed by atoms with Gasteiger partial charge in [-0.05, 0) is 0 Å². The van der Waals surface area contributed by atoms with Crippen molar-refractivity contribution in [1.29, 1.82) is 0 Å². The summed E-state index contributed by atoms with van der Waals surface area (Å²) in [6, 6.07) is 0. The number of hydrogen-bond acceptors (Lipinski definition) is 4. The van der Waals surface area contributed by atoms with E-state index >= 15 is 0 Å². The first-order valence-electron chi connectivity index (χ1n) is 7.85. The van der Waals surface area contributed by atoms with Crippen molar-refractivity contribution < 1.29 is 9.05 Å². The van der Waals surface area contributed by atoms with E-state index in [1.165, 1.54) is 51.4 Å². The number of hydrogen-bond donors (Lipinski definition) is 2. The van der Waals surface area contributed by atoms with Crippen LogP contribution in [0.5, 0.6) is 0 Å². The Bertz CT molecular complexity index is 192. The summed E-state index contributed by atoms with van der Waals surface area (Å²) in [6.07, 6.45) is 10.0. The van der Waals surface area contributed by atoms with Gasteiger partial charge in [0.1, 0.15) is 0 Å². The van der Waals surface area contributed by atoms with Crippen LogP contribution in [0.15, 0.2) is 0 Å². The minimum absolute atomic E-state index is 0.732. The van der Waals surface area contributed by atoms with Crippen molar-refractivity contribution in [2.75, 3.05) is 13.2 Å². The van der Waals surface area contributed by atoms with Crippen LogP contribution < -0.4 is 0 Å². The van der Waals surface area contributed by atoms with Crippen LogP contribution in [-0.2, 0) is 9.05 Å². The van der Waals surface area contributed by atoms with Gasteiger partial charge in [0.15, 0.2) is 0 Å². The Balaban J connectivity index is 3.35. The standard InChI is InChI=1S/C14H33O2PS2/c1-3-5-7-9-10-12-14-16-17(18,19)15-13-11-8-6-4-2/h17-19H,3-14H2,1-2H3. The molecule has 0 aromatic heterocycles. The first kappa shape index (κ1) is 20.1. The predicted octanol–water partition coefficient (Wildman–Crippen LogP) is 6.23. The second-order valence-corrected chi connectivity index (χ2v) is 11.3. The van der Waals surface area contributed by atoms with Crippen molar-refractivity contribution in [3.8, 4) is 0 Å². The van der Waals surface area contributed by atoms with Crippen LogP contribution in [0.4, 0.5) is 0 Å². The molecule has 0 amide bonds. The molecule has 0 radical (unpaired) electrons. The van der Waals surface area contributed by atoms with Gasteiger partial charge in [-0.3, -0.25) is 0 Å². The van der Waals surface area contributed by atoms with Gasteiger partial charge in [0, 0.05) is 0 Å². The van der Waals surface area contributed by atoms with Gasteiger partial charge in [-0.15, -0.1) is 0 Å². The molecule has 2 nitrogen and oxygen atoms in total. The molecule has 0 saturated carbocycles. The summed E-state index contributed by atoms with van der Waals surface area (Å²) in [7, 11) is 0. The second-order valence-electron chi connectivity index (χ2n) is 5.07. The van der Waals surface area contributed by atoms with Gasteiger partial charge in [-0.1, -0.05) is 0 Å². The molecule has 0 rings (SSSR count). The fourth-order valence-electron chi connectivity index (χ4n) is 1.86. The fraction of sp³-hybridized carbons (Fsp3) is 1.00. The molecule has 0 heterocycles. The summed E-state index contributed by atoms with van der Waals surface area (Å²) in [5.41, 5.74) is 0. The van der Waals surface area contributed by atoms with Crippen molar-refractivity contribution >= 4 is 30.6 Å². The van der Waals surface area contributed by atoms with E-state index in [9.17, 15) is 0 Å². The van der Waals surface area contributed by atoms with E-state index < -0.39 is 6.12 Å². The van der Waals surface area contributed by atoms with Crippen molar-refractivity contribution in [2.24, 2.45) is 0 Å². The zero-order valence-corrected chi connectivity index (χ0v) is 15.5. The van der Waals surface area contributed by atoms with E-state index in [2.05, 4.69) is 38.3 Å². The molecule has 0 bridgehead atoms. The third-order valence-electron chi connectivity index (χ3n) is 3.08. The Hall–Kier alpha value is 1.05. The monoisotopic (exact) mass is 328 g/mol. The Labute approximate surface area is 131 Å². The van der Waals surface area contributed by atoms with E-state index in [0.717, 1.165) is 26.1 Å². The van der Waals surface area contributed by atoms with Crippen molar-refractivity contribution in [1.82, 2.24) is 0 Å². The molecule has 0 fully saturated rings. The number of thiol groups is 2. The summed E-state index contributed by atoms with van der Waals surface area (Å²) >= 11 is 8.86. The third kappa shape index (κ3) is 15.3. The molecular weight excluding hydrogens is 295 g/mol. The summed E-state index contributed by atoms with van der Waals surface area (Å²) in [5.74, 6) is 0. The SMILES string of the molecule is CCCCCCCCO[PH](S)(S)OCCCCCC. The second kappa shape index (κ2) is 14.0. The fourth-order valence-corrected chi connectivity index (χ4v) is 3.86. The van der Waals surface area contributed by atoms with Crippen LogP contribution in [0.25, 0.3) is 0 Å². The quantitative estimate of drug-likeness (QED) is 0.224. The van der Waals surface area contributed by atoms with E-state index in [0.29, 0.717) is 0 Å². The van der Waals surface area contributed by atoms with Gasteiger partial charge in [0.2, 0.25) is 0 Å². The molecule has 0 N–H and O–H groups in total. The van der Waals surface area contributed by atoms with Gasteiger partial charge < -0.3 is 0 Å². The maximum absolute atomic E-state index is 5.69. The predicted molar refractivity (Wildman–Crippen MR) is 95.7 cm³/mol. The van der Waals surface area contributed by atoms with Crippen LogP contribution in [0.3, 0.4) is 0 Å². The molecule has 0 aromatic rings. The van der Waals surface area contributed by atoms with Gasteiger partial charge in [0.05, 0.1) is 0 Å². The molecule has 0 spiro atoms. The molecule has 5 heteroatoms. The minimum atomic E-state index is -2.45. The molecular formula is C14H33O2PS2. The summed E-state index contributed by atoms with van der Waals surface area (Å²) in [5, 5.41) is 0. The number of rotatable bonds is 14. The van der Waals surface area contributed by atoms with Gasteiger partial charge in [-0.25, -0.2) is 0 Å². The van der Waals surface area contributed by atoms with Crippen LogP contribution in [0.2, 0.25) is 0 Å². The average molecular weight is 329 g/mol. The zero-order chi connectivity index (χ0) is 14.4. The van der Waals surface area contributed by atoms with Crippen molar-refractivity contribution in [2.45, 2.75) is 78.1 Å². The molecule has 0 aliphatic rings. The van der Waals surface area contributed by atoms with Crippen molar-refractivity contribution in [3.63, 3.8) is 0 Å². The molecule has 118 valence electrons.